The van der Waals surface area contributed by atoms with Crippen LogP contribution in [0.2, 0.25) is 0 Å². The number of hydrogen-bond acceptors (Lipinski definition) is 3. The molecule has 3 atom stereocenters. The summed E-state index contributed by atoms with van der Waals surface area (Å²) >= 11 is 0. The highest BCUT2D eigenvalue weighted by atomic mass is 16.5. The second-order valence-corrected chi connectivity index (χ2v) is 17.3. The smallest absolute Gasteiger partial charge is 0.193 e. The van der Waals surface area contributed by atoms with E-state index in [2.05, 4.69) is 158 Å². The van der Waals surface area contributed by atoms with E-state index in [-0.39, 0.29) is 16.8 Å². The van der Waals surface area contributed by atoms with Crippen molar-refractivity contribution in [1.82, 2.24) is 0 Å². The number of fused-ring (bicyclic) bond motifs is 3. The molecule has 7 rings (SSSR count). The van der Waals surface area contributed by atoms with Crippen LogP contribution in [-0.2, 0) is 10.8 Å². The summed E-state index contributed by atoms with van der Waals surface area (Å²) in [6, 6.07) is 50.8. The predicted octanol–water partition coefficient (Wildman–Crippen LogP) is 15.3. The molecule has 3 nitrogen and oxygen atoms in total. The number of ether oxygens (including phenoxy) is 2. The molecule has 59 heavy (non-hydrogen) atoms. The van der Waals surface area contributed by atoms with Gasteiger partial charge in [0, 0.05) is 11.1 Å². The monoisotopic (exact) mass is 782 g/mol. The van der Waals surface area contributed by atoms with Gasteiger partial charge in [0.2, 0.25) is 0 Å². The van der Waals surface area contributed by atoms with Crippen molar-refractivity contribution in [2.75, 3.05) is 0 Å². The van der Waals surface area contributed by atoms with Crippen LogP contribution >= 0.6 is 0 Å². The number of rotatable bonds is 18. The Morgan fingerprint density at radius 2 is 1.03 bits per heavy atom. The molecule has 0 saturated carbocycles. The van der Waals surface area contributed by atoms with Crippen molar-refractivity contribution < 1.29 is 14.3 Å². The van der Waals surface area contributed by atoms with Crippen LogP contribution in [0.25, 0.3) is 11.1 Å². The maximum absolute atomic E-state index is 13.6. The zero-order chi connectivity index (χ0) is 41.6. The normalized spacial score (nSPS) is 15.3. The minimum Gasteiger partial charge on any atom is -0.488 e. The Labute approximate surface area is 353 Å². The molecule has 0 spiro atoms. The van der Waals surface area contributed by atoms with Gasteiger partial charge in [-0.15, -0.1) is 0 Å². The van der Waals surface area contributed by atoms with Gasteiger partial charge in [-0.2, -0.15) is 0 Å². The van der Waals surface area contributed by atoms with Crippen LogP contribution in [-0.4, -0.2) is 11.4 Å². The van der Waals surface area contributed by atoms with Crippen molar-refractivity contribution in [1.29, 1.82) is 0 Å². The Morgan fingerprint density at radius 1 is 0.559 bits per heavy atom. The summed E-state index contributed by atoms with van der Waals surface area (Å²) in [6.45, 7) is 16.0. The Hall–Kier alpha value is -5.41. The van der Waals surface area contributed by atoms with Crippen molar-refractivity contribution in [3.63, 3.8) is 0 Å². The predicted molar refractivity (Wildman–Crippen MR) is 245 cm³/mol. The maximum atomic E-state index is 13.6. The molecule has 0 N–H and O–H groups in total. The first kappa shape index (κ1) is 41.7. The fraction of sp³-hybridized carbons (Fsp3) is 0.339. The first-order chi connectivity index (χ1) is 28.6. The van der Waals surface area contributed by atoms with E-state index in [9.17, 15) is 4.79 Å². The molecule has 0 amide bonds. The summed E-state index contributed by atoms with van der Waals surface area (Å²) in [4.78, 5) is 13.6. The molecule has 3 heteroatoms. The van der Waals surface area contributed by atoms with Gasteiger partial charge in [-0.3, -0.25) is 4.79 Å². The molecule has 0 radical (unpaired) electrons. The largest absolute Gasteiger partial charge is 0.488 e. The van der Waals surface area contributed by atoms with Gasteiger partial charge < -0.3 is 9.47 Å². The fourth-order valence-electron chi connectivity index (χ4n) is 9.79. The molecule has 0 bridgehead atoms. The van der Waals surface area contributed by atoms with E-state index in [0.29, 0.717) is 22.8 Å². The highest BCUT2D eigenvalue weighted by Crippen LogP contribution is 2.56. The van der Waals surface area contributed by atoms with Gasteiger partial charge >= 0.3 is 0 Å². The van der Waals surface area contributed by atoms with E-state index in [1.807, 2.05) is 36.4 Å². The minimum absolute atomic E-state index is 0.0154. The number of ketones is 1. The van der Waals surface area contributed by atoms with E-state index in [1.165, 1.54) is 38.9 Å². The number of carbonyl (C=O) groups is 1. The maximum Gasteiger partial charge on any atom is 0.193 e. The molecule has 304 valence electrons. The summed E-state index contributed by atoms with van der Waals surface area (Å²) in [7, 11) is 0. The number of unbranched alkanes of at least 4 members (excludes halogenated alkanes) is 1. The third-order valence-corrected chi connectivity index (χ3v) is 13.4. The van der Waals surface area contributed by atoms with Gasteiger partial charge in [-0.05, 0) is 131 Å². The van der Waals surface area contributed by atoms with Gasteiger partial charge in [0.05, 0.1) is 5.41 Å². The van der Waals surface area contributed by atoms with Crippen LogP contribution in [0.4, 0.5) is 0 Å². The van der Waals surface area contributed by atoms with Crippen molar-refractivity contribution >= 4 is 5.78 Å². The Morgan fingerprint density at radius 3 is 1.53 bits per heavy atom. The Bertz CT molecular complexity index is 2270. The third kappa shape index (κ3) is 8.14. The molecule has 1 aliphatic carbocycles. The van der Waals surface area contributed by atoms with Gasteiger partial charge in [0.15, 0.2) is 5.78 Å². The fourth-order valence-corrected chi connectivity index (χ4v) is 9.79. The van der Waals surface area contributed by atoms with Crippen LogP contribution in [0.1, 0.15) is 144 Å². The summed E-state index contributed by atoms with van der Waals surface area (Å²) in [5.41, 5.74) is 9.45. The molecule has 0 heterocycles. The molecule has 0 saturated heterocycles. The summed E-state index contributed by atoms with van der Waals surface area (Å²) in [6.07, 6.45) is 8.87. The lowest BCUT2D eigenvalue weighted by atomic mass is 9.68. The van der Waals surface area contributed by atoms with Crippen molar-refractivity contribution in [3.05, 3.63) is 185 Å². The molecular formula is C56H62O3. The van der Waals surface area contributed by atoms with Crippen LogP contribution in [0.15, 0.2) is 146 Å². The SMILES string of the molecule is CCCCC(C)(CCC)Oc1ccc(C2(c3ccc(Oc4ccc(C(=O)c5ccc(C(C)(CCC)C(C)CC)cc5)cc4)cc3)c3ccccc3-c3ccccc32)cc1. The van der Waals surface area contributed by atoms with Crippen LogP contribution in [0.5, 0.6) is 17.2 Å². The first-order valence-electron chi connectivity index (χ1n) is 22.1. The minimum atomic E-state index is -0.526. The van der Waals surface area contributed by atoms with Crippen LogP contribution in [0, 0.1) is 5.92 Å². The van der Waals surface area contributed by atoms with Gasteiger partial charge in [-0.25, -0.2) is 0 Å². The quantitative estimate of drug-likeness (QED) is 0.0813. The highest BCUT2D eigenvalue weighted by Gasteiger charge is 2.46. The lowest BCUT2D eigenvalue weighted by Crippen LogP contribution is -2.32. The third-order valence-electron chi connectivity index (χ3n) is 13.4. The van der Waals surface area contributed by atoms with Crippen molar-refractivity contribution in [2.45, 2.75) is 116 Å². The van der Waals surface area contributed by atoms with E-state index in [1.54, 1.807) is 0 Å². The van der Waals surface area contributed by atoms with Gasteiger partial charge in [0.1, 0.15) is 22.8 Å². The van der Waals surface area contributed by atoms with Gasteiger partial charge in [0.25, 0.3) is 0 Å². The zero-order valence-corrected chi connectivity index (χ0v) is 36.3. The summed E-state index contributed by atoms with van der Waals surface area (Å²) in [5, 5.41) is 0. The van der Waals surface area contributed by atoms with Gasteiger partial charge in [-0.1, -0.05) is 164 Å². The summed E-state index contributed by atoms with van der Waals surface area (Å²) in [5.74, 6) is 2.91. The first-order valence-corrected chi connectivity index (χ1v) is 22.1. The highest BCUT2D eigenvalue weighted by molar-refractivity contribution is 6.09. The molecule has 0 fully saturated rings. The average Bonchev–Trinajstić information content (AvgIpc) is 3.57. The van der Waals surface area contributed by atoms with E-state index >= 15 is 0 Å². The number of benzene rings is 6. The number of carbonyl (C=O) groups excluding carboxylic acids is 1. The Balaban J connectivity index is 1.15. The molecule has 1 aliphatic rings. The topological polar surface area (TPSA) is 35.5 Å². The molecular weight excluding hydrogens is 721 g/mol. The Kier molecular flexibility index (Phi) is 12.6. The van der Waals surface area contributed by atoms with Crippen molar-refractivity contribution in [3.8, 4) is 28.4 Å². The summed E-state index contributed by atoms with van der Waals surface area (Å²) < 4.78 is 13.2. The van der Waals surface area contributed by atoms with Crippen LogP contribution in [0.3, 0.4) is 0 Å². The van der Waals surface area contributed by atoms with E-state index < -0.39 is 5.41 Å². The van der Waals surface area contributed by atoms with E-state index in [0.717, 1.165) is 62.9 Å². The standard InChI is InChI=1S/C56H62O3/c1-8-12-39-54(6,37-9-2)59-48-35-29-45(30-36-48)56(51-19-15-13-17-49(51)50-18-14-16-20-52(50)56)44-27-33-47(34-28-44)58-46-31-23-42(24-32-46)53(57)41-21-25-43(26-22-41)55(7,38-10-3)40(5)11-4/h13-36,40H,8-12,37-39H2,1-7H3. The second-order valence-electron chi connectivity index (χ2n) is 17.3. The molecule has 0 aromatic heterocycles. The lowest BCUT2D eigenvalue weighted by molar-refractivity contribution is 0.0664. The molecule has 6 aromatic rings. The lowest BCUT2D eigenvalue weighted by Gasteiger charge is -2.36. The molecule has 3 unspecified atom stereocenters. The average molecular weight is 783 g/mol. The van der Waals surface area contributed by atoms with Crippen LogP contribution < -0.4 is 9.47 Å². The molecule has 6 aromatic carbocycles. The second kappa shape index (κ2) is 17.8. The zero-order valence-electron chi connectivity index (χ0n) is 36.3. The van der Waals surface area contributed by atoms with E-state index in [4.69, 9.17) is 9.47 Å². The van der Waals surface area contributed by atoms with Crippen molar-refractivity contribution in [2.24, 2.45) is 5.92 Å². The number of hydrogen-bond donors (Lipinski definition) is 0. The molecule has 0 aliphatic heterocycles.